The summed E-state index contributed by atoms with van der Waals surface area (Å²) in [5.41, 5.74) is 2.99. The number of phenols is 1. The highest BCUT2D eigenvalue weighted by Gasteiger charge is 2.21. The molecule has 0 bridgehead atoms. The fourth-order valence-electron chi connectivity index (χ4n) is 3.09. The molecule has 0 spiro atoms. The van der Waals surface area contributed by atoms with Crippen LogP contribution in [0.5, 0.6) is 11.5 Å². The number of methoxy groups -OCH3 is 1. The number of nitrogens with one attached hydrogen (secondary N) is 1. The number of benzene rings is 2. The van der Waals surface area contributed by atoms with Crippen LogP contribution in [0.3, 0.4) is 0 Å². The van der Waals surface area contributed by atoms with Crippen LogP contribution in [0.4, 0.5) is 5.69 Å². The number of hydrogen-bond acceptors (Lipinski definition) is 5. The number of aromatic hydroxyl groups is 1. The number of nitrogens with zero attached hydrogens (tertiary/aromatic N) is 2. The number of anilines is 1. The largest absolute Gasteiger partial charge is 0.505 e. The molecule has 0 amide bonds. The lowest BCUT2D eigenvalue weighted by Gasteiger charge is -2.21. The average Bonchev–Trinajstić information content (AvgIpc) is 2.74. The van der Waals surface area contributed by atoms with E-state index in [0.29, 0.717) is 5.52 Å². The summed E-state index contributed by atoms with van der Waals surface area (Å²) in [6.45, 7) is 0. The Morgan fingerprint density at radius 2 is 1.70 bits per heavy atom. The second kappa shape index (κ2) is 7.33. The number of fused-ring (bicyclic) bond motifs is 1. The Kier molecular flexibility index (Phi) is 4.58. The minimum Gasteiger partial charge on any atom is -0.505 e. The van der Waals surface area contributed by atoms with E-state index in [9.17, 15) is 5.11 Å². The van der Waals surface area contributed by atoms with Crippen molar-refractivity contribution in [2.75, 3.05) is 12.4 Å². The molecule has 134 valence electrons. The molecule has 4 rings (SSSR count). The molecule has 2 heterocycles. The minimum atomic E-state index is -0.328. The normalized spacial score (nSPS) is 11.9. The Morgan fingerprint density at radius 1 is 0.889 bits per heavy atom. The van der Waals surface area contributed by atoms with Gasteiger partial charge in [0, 0.05) is 29.0 Å². The second-order valence-electron chi connectivity index (χ2n) is 6.14. The lowest BCUT2D eigenvalue weighted by atomic mass is 9.99. The molecule has 0 aliphatic heterocycles. The van der Waals surface area contributed by atoms with Gasteiger partial charge >= 0.3 is 0 Å². The number of hydrogen-bond donors (Lipinski definition) is 2. The zero-order valence-electron chi connectivity index (χ0n) is 14.8. The first-order valence-corrected chi connectivity index (χ1v) is 8.64. The van der Waals surface area contributed by atoms with E-state index in [2.05, 4.69) is 15.3 Å². The van der Waals surface area contributed by atoms with Crippen LogP contribution in [-0.4, -0.2) is 22.2 Å². The summed E-state index contributed by atoms with van der Waals surface area (Å²) in [6, 6.07) is 20.7. The summed E-state index contributed by atoms with van der Waals surface area (Å²) in [5.74, 6) is 0.942. The lowest BCUT2D eigenvalue weighted by molar-refractivity contribution is 0.415. The maximum atomic E-state index is 10.9. The van der Waals surface area contributed by atoms with Gasteiger partial charge in [-0.15, -0.1) is 0 Å². The number of aromatic nitrogens is 2. The van der Waals surface area contributed by atoms with E-state index >= 15 is 0 Å². The first-order chi connectivity index (χ1) is 13.3. The zero-order valence-corrected chi connectivity index (χ0v) is 14.8. The fraction of sp³-hybridized carbons (Fsp3) is 0.0909. The Bertz CT molecular complexity index is 1050. The number of rotatable bonds is 5. The van der Waals surface area contributed by atoms with Gasteiger partial charge in [0.25, 0.3) is 0 Å². The Hall–Kier alpha value is -3.60. The highest BCUT2D eigenvalue weighted by atomic mass is 16.5. The van der Waals surface area contributed by atoms with Crippen molar-refractivity contribution >= 4 is 16.6 Å². The van der Waals surface area contributed by atoms with E-state index in [1.54, 1.807) is 19.5 Å². The Balaban J connectivity index is 1.79. The Labute approximate surface area is 157 Å². The summed E-state index contributed by atoms with van der Waals surface area (Å²) in [4.78, 5) is 8.82. The van der Waals surface area contributed by atoms with Gasteiger partial charge < -0.3 is 15.2 Å². The average molecular weight is 357 g/mol. The van der Waals surface area contributed by atoms with Crippen molar-refractivity contribution in [1.82, 2.24) is 9.97 Å². The van der Waals surface area contributed by atoms with Gasteiger partial charge in [-0.25, -0.2) is 0 Å². The predicted octanol–water partition coefficient (Wildman–Crippen LogP) is 4.55. The first kappa shape index (κ1) is 16.8. The fourth-order valence-corrected chi connectivity index (χ4v) is 3.09. The molecule has 0 fully saturated rings. The molecule has 0 saturated carbocycles. The van der Waals surface area contributed by atoms with Crippen molar-refractivity contribution in [1.29, 1.82) is 0 Å². The molecule has 2 aromatic heterocycles. The molecule has 5 nitrogen and oxygen atoms in total. The molecule has 5 heteroatoms. The number of phenolic OH excluding ortho intramolecular Hbond substituents is 1. The minimum absolute atomic E-state index is 0.157. The molecule has 4 aromatic rings. The number of pyridine rings is 2. The molecule has 0 radical (unpaired) electrons. The molecular formula is C22H19N3O2. The van der Waals surface area contributed by atoms with Crippen LogP contribution in [0.15, 0.2) is 79.1 Å². The van der Waals surface area contributed by atoms with Gasteiger partial charge in [-0.1, -0.05) is 24.3 Å². The summed E-state index contributed by atoms with van der Waals surface area (Å²) < 4.78 is 5.22. The summed E-state index contributed by atoms with van der Waals surface area (Å²) in [7, 11) is 1.64. The summed E-state index contributed by atoms with van der Waals surface area (Å²) >= 11 is 0. The van der Waals surface area contributed by atoms with Gasteiger partial charge in [-0.3, -0.25) is 9.97 Å². The monoisotopic (exact) mass is 357 g/mol. The quantitative estimate of drug-likeness (QED) is 0.549. The van der Waals surface area contributed by atoms with Crippen molar-refractivity contribution in [3.63, 3.8) is 0 Å². The molecule has 0 aliphatic carbocycles. The maximum Gasteiger partial charge on any atom is 0.147 e. The van der Waals surface area contributed by atoms with Crippen molar-refractivity contribution in [3.8, 4) is 11.5 Å². The highest BCUT2D eigenvalue weighted by Crippen LogP contribution is 2.35. The highest BCUT2D eigenvalue weighted by molar-refractivity contribution is 5.85. The van der Waals surface area contributed by atoms with E-state index in [1.807, 2.05) is 66.7 Å². The van der Waals surface area contributed by atoms with Gasteiger partial charge in [-0.05, 0) is 42.5 Å². The first-order valence-electron chi connectivity index (χ1n) is 8.64. The molecule has 27 heavy (non-hydrogen) atoms. The smallest absolute Gasteiger partial charge is 0.147 e. The second-order valence-corrected chi connectivity index (χ2v) is 6.14. The predicted molar refractivity (Wildman–Crippen MR) is 106 cm³/mol. The molecule has 2 N–H and O–H groups in total. The Morgan fingerprint density at radius 3 is 2.44 bits per heavy atom. The van der Waals surface area contributed by atoms with Crippen LogP contribution in [0.25, 0.3) is 10.9 Å². The van der Waals surface area contributed by atoms with Crippen molar-refractivity contribution < 1.29 is 9.84 Å². The molecular weight excluding hydrogens is 338 g/mol. The standard InChI is InChI=1S/C22H19N3O2/c1-27-17-10-8-16(9-11-17)25-21(19-6-2-3-13-23-19)18-12-7-15-5-4-14-24-20(15)22(18)26/h2-14,21,25-26H,1H3/t21-/m0/s1. The van der Waals surface area contributed by atoms with Gasteiger partial charge in [0.05, 0.1) is 18.8 Å². The zero-order chi connectivity index (χ0) is 18.6. The van der Waals surface area contributed by atoms with E-state index in [-0.39, 0.29) is 11.8 Å². The molecule has 1 atom stereocenters. The van der Waals surface area contributed by atoms with Gasteiger partial charge in [-0.2, -0.15) is 0 Å². The van der Waals surface area contributed by atoms with Gasteiger partial charge in [0.1, 0.15) is 17.0 Å². The molecule has 0 aliphatic rings. The third kappa shape index (κ3) is 3.40. The van der Waals surface area contributed by atoms with E-state index in [4.69, 9.17) is 4.74 Å². The van der Waals surface area contributed by atoms with Crippen LogP contribution in [0, 0.1) is 0 Å². The van der Waals surface area contributed by atoms with Crippen molar-refractivity contribution in [2.24, 2.45) is 0 Å². The SMILES string of the molecule is COc1ccc(N[C@H](c2ccccn2)c2ccc3cccnc3c2O)cc1. The third-order valence-electron chi connectivity index (χ3n) is 4.47. The third-order valence-corrected chi connectivity index (χ3v) is 4.47. The van der Waals surface area contributed by atoms with Crippen LogP contribution >= 0.6 is 0 Å². The molecule has 2 aromatic carbocycles. The van der Waals surface area contributed by atoms with Crippen LogP contribution in [-0.2, 0) is 0 Å². The van der Waals surface area contributed by atoms with Gasteiger partial charge in [0.15, 0.2) is 0 Å². The van der Waals surface area contributed by atoms with Crippen molar-refractivity contribution in [2.45, 2.75) is 6.04 Å². The van der Waals surface area contributed by atoms with E-state index < -0.39 is 0 Å². The van der Waals surface area contributed by atoms with E-state index in [1.165, 1.54) is 0 Å². The molecule has 0 unspecified atom stereocenters. The van der Waals surface area contributed by atoms with Gasteiger partial charge in [0.2, 0.25) is 0 Å². The van der Waals surface area contributed by atoms with Crippen molar-refractivity contribution in [3.05, 3.63) is 90.4 Å². The summed E-state index contributed by atoms with van der Waals surface area (Å²) in [6.07, 6.45) is 3.42. The molecule has 0 saturated heterocycles. The van der Waals surface area contributed by atoms with Crippen LogP contribution in [0.1, 0.15) is 17.3 Å². The lowest BCUT2D eigenvalue weighted by Crippen LogP contribution is -2.14. The summed E-state index contributed by atoms with van der Waals surface area (Å²) in [5, 5.41) is 15.2. The topological polar surface area (TPSA) is 67.3 Å². The maximum absolute atomic E-state index is 10.9. The van der Waals surface area contributed by atoms with E-state index in [0.717, 1.165) is 28.1 Å². The van der Waals surface area contributed by atoms with Crippen LogP contribution < -0.4 is 10.1 Å². The number of ether oxygens (including phenoxy) is 1. The van der Waals surface area contributed by atoms with Crippen LogP contribution in [0.2, 0.25) is 0 Å².